The molecule has 0 aliphatic heterocycles. The fourth-order valence-electron chi connectivity index (χ4n) is 2.45. The van der Waals surface area contributed by atoms with Crippen LogP contribution in [0.5, 0.6) is 11.6 Å². The highest BCUT2D eigenvalue weighted by Gasteiger charge is 2.13. The Morgan fingerprint density at radius 1 is 1.08 bits per heavy atom. The van der Waals surface area contributed by atoms with Gasteiger partial charge in [-0.1, -0.05) is 0 Å². The molecule has 1 heterocycles. The molecule has 4 nitrogen and oxygen atoms in total. The summed E-state index contributed by atoms with van der Waals surface area (Å²) >= 11 is 0. The summed E-state index contributed by atoms with van der Waals surface area (Å²) in [5, 5.41) is 0. The predicted molar refractivity (Wildman–Crippen MR) is 82.9 cm³/mol. The van der Waals surface area contributed by atoms with E-state index < -0.39 is 12.4 Å². The van der Waals surface area contributed by atoms with Crippen LogP contribution < -0.4 is 9.47 Å². The van der Waals surface area contributed by atoms with E-state index in [1.54, 1.807) is 12.1 Å². The fourth-order valence-corrected chi connectivity index (χ4v) is 2.45. The number of hydrogen-bond donors (Lipinski definition) is 0. The third-order valence-electron chi connectivity index (χ3n) is 3.40. The lowest BCUT2D eigenvalue weighted by molar-refractivity contribution is -0.0528. The van der Waals surface area contributed by atoms with Crippen molar-refractivity contribution in [3.8, 4) is 22.8 Å². The first kappa shape index (κ1) is 16.0. The van der Waals surface area contributed by atoms with Gasteiger partial charge in [-0.15, -0.1) is 0 Å². The molecular weight excluding hydrogens is 321 g/mol. The van der Waals surface area contributed by atoms with E-state index in [0.717, 1.165) is 11.8 Å². The van der Waals surface area contributed by atoms with Crippen molar-refractivity contribution in [3.05, 3.63) is 47.9 Å². The van der Waals surface area contributed by atoms with Crippen LogP contribution in [0, 0.1) is 12.7 Å². The number of benzene rings is 2. The molecule has 0 aliphatic carbocycles. The quantitative estimate of drug-likeness (QED) is 0.711. The Morgan fingerprint density at radius 3 is 2.58 bits per heavy atom. The summed E-state index contributed by atoms with van der Waals surface area (Å²) in [5.74, 6) is -0.360. The minimum absolute atomic E-state index is 0.272. The van der Waals surface area contributed by atoms with E-state index in [1.807, 2.05) is 13.0 Å². The van der Waals surface area contributed by atoms with Crippen molar-refractivity contribution >= 4 is 11.0 Å². The first-order chi connectivity index (χ1) is 11.5. The van der Waals surface area contributed by atoms with E-state index >= 15 is 0 Å². The van der Waals surface area contributed by atoms with Gasteiger partial charge < -0.3 is 9.47 Å². The van der Waals surface area contributed by atoms with Crippen molar-refractivity contribution in [1.29, 1.82) is 0 Å². The zero-order valence-electron chi connectivity index (χ0n) is 12.9. The average molecular weight is 334 g/mol. The Kier molecular flexibility index (Phi) is 4.24. The summed E-state index contributed by atoms with van der Waals surface area (Å²) < 4.78 is 47.8. The normalized spacial score (nSPS) is 11.1. The number of aryl methyl sites for hydroxylation is 1. The topological polar surface area (TPSA) is 44.2 Å². The van der Waals surface area contributed by atoms with Crippen molar-refractivity contribution in [2.45, 2.75) is 13.5 Å². The number of alkyl halides is 2. The first-order valence-corrected chi connectivity index (χ1v) is 7.03. The van der Waals surface area contributed by atoms with Gasteiger partial charge in [-0.25, -0.2) is 14.4 Å². The van der Waals surface area contributed by atoms with Gasteiger partial charge in [0.15, 0.2) is 0 Å². The largest absolute Gasteiger partial charge is 0.497 e. The van der Waals surface area contributed by atoms with Gasteiger partial charge >= 0.3 is 6.61 Å². The second-order valence-electron chi connectivity index (χ2n) is 5.15. The third-order valence-corrected chi connectivity index (χ3v) is 3.40. The minimum atomic E-state index is -2.98. The molecule has 3 aromatic rings. The van der Waals surface area contributed by atoms with Gasteiger partial charge in [-0.05, 0) is 42.3 Å². The van der Waals surface area contributed by atoms with Crippen molar-refractivity contribution in [1.82, 2.24) is 9.97 Å². The van der Waals surface area contributed by atoms with Crippen LogP contribution in [0.1, 0.15) is 5.56 Å². The Labute approximate surface area is 135 Å². The zero-order chi connectivity index (χ0) is 17.3. The van der Waals surface area contributed by atoms with Gasteiger partial charge in [0.1, 0.15) is 11.6 Å². The summed E-state index contributed by atoms with van der Waals surface area (Å²) in [6.07, 6.45) is 1.11. The standard InChI is InChI=1S/C17H13F3N2O2/c1-9-3-13(10-5-11(18)7-12(6-10)23-2)16-14(4-9)22-15(8-21-16)24-17(19)20/h3-8,17H,1-2H3. The van der Waals surface area contributed by atoms with Crippen LogP contribution in [0.2, 0.25) is 0 Å². The van der Waals surface area contributed by atoms with E-state index in [4.69, 9.17) is 4.74 Å². The van der Waals surface area contributed by atoms with E-state index in [1.165, 1.54) is 19.2 Å². The van der Waals surface area contributed by atoms with Gasteiger partial charge in [0, 0.05) is 11.6 Å². The molecule has 7 heteroatoms. The molecule has 1 aromatic heterocycles. The summed E-state index contributed by atoms with van der Waals surface area (Å²) in [6, 6.07) is 7.80. The lowest BCUT2D eigenvalue weighted by atomic mass is 10.0. The molecule has 0 unspecified atom stereocenters. The Morgan fingerprint density at radius 2 is 1.88 bits per heavy atom. The monoisotopic (exact) mass is 334 g/mol. The molecule has 2 aromatic carbocycles. The average Bonchev–Trinajstić information content (AvgIpc) is 2.52. The number of nitrogens with zero attached hydrogens (tertiary/aromatic N) is 2. The highest BCUT2D eigenvalue weighted by atomic mass is 19.3. The summed E-state index contributed by atoms with van der Waals surface area (Å²) in [5.41, 5.74) is 2.83. The molecule has 3 rings (SSSR count). The highest BCUT2D eigenvalue weighted by Crippen LogP contribution is 2.32. The maximum absolute atomic E-state index is 13.8. The van der Waals surface area contributed by atoms with Gasteiger partial charge in [-0.3, -0.25) is 0 Å². The molecule has 0 radical (unpaired) electrons. The summed E-state index contributed by atoms with van der Waals surface area (Å²) in [4.78, 5) is 8.19. The first-order valence-electron chi connectivity index (χ1n) is 7.03. The van der Waals surface area contributed by atoms with Crippen LogP contribution in [0.25, 0.3) is 22.2 Å². The molecule has 0 spiro atoms. The Balaban J connectivity index is 2.19. The number of halogens is 3. The molecule has 0 bridgehead atoms. The van der Waals surface area contributed by atoms with Gasteiger partial charge in [0.05, 0.1) is 24.3 Å². The number of hydrogen-bond acceptors (Lipinski definition) is 4. The van der Waals surface area contributed by atoms with E-state index in [9.17, 15) is 13.2 Å². The summed E-state index contributed by atoms with van der Waals surface area (Å²) in [7, 11) is 1.45. The van der Waals surface area contributed by atoms with Crippen LogP contribution >= 0.6 is 0 Å². The Hall–Kier alpha value is -2.83. The molecule has 0 aliphatic rings. The number of rotatable bonds is 4. The lowest BCUT2D eigenvalue weighted by Gasteiger charge is -2.11. The van der Waals surface area contributed by atoms with Gasteiger partial charge in [-0.2, -0.15) is 8.78 Å². The van der Waals surface area contributed by atoms with E-state index in [-0.39, 0.29) is 5.88 Å². The molecule has 0 fully saturated rings. The maximum Gasteiger partial charge on any atom is 0.388 e. The molecular formula is C17H13F3N2O2. The predicted octanol–water partition coefficient (Wildman–Crippen LogP) is 4.35. The number of methoxy groups -OCH3 is 1. The van der Waals surface area contributed by atoms with Crippen molar-refractivity contribution in [3.63, 3.8) is 0 Å². The SMILES string of the molecule is COc1cc(F)cc(-c2cc(C)cc3nc(OC(F)F)cnc23)c1. The third kappa shape index (κ3) is 3.24. The molecule has 0 saturated carbocycles. The number of ether oxygens (including phenoxy) is 2. The zero-order valence-corrected chi connectivity index (χ0v) is 12.9. The number of aromatic nitrogens is 2. The second-order valence-corrected chi connectivity index (χ2v) is 5.15. The van der Waals surface area contributed by atoms with E-state index in [2.05, 4.69) is 14.7 Å². The van der Waals surface area contributed by atoms with Gasteiger partial charge in [0.25, 0.3) is 0 Å². The smallest absolute Gasteiger partial charge is 0.388 e. The van der Waals surface area contributed by atoms with E-state index in [0.29, 0.717) is 27.9 Å². The molecule has 24 heavy (non-hydrogen) atoms. The molecule has 0 atom stereocenters. The highest BCUT2D eigenvalue weighted by molar-refractivity contribution is 5.92. The van der Waals surface area contributed by atoms with Crippen molar-refractivity contribution in [2.75, 3.05) is 7.11 Å². The van der Waals surface area contributed by atoms with Crippen LogP contribution in [0.15, 0.2) is 36.5 Å². The molecule has 124 valence electrons. The second kappa shape index (κ2) is 6.35. The van der Waals surface area contributed by atoms with Crippen molar-refractivity contribution < 1.29 is 22.6 Å². The van der Waals surface area contributed by atoms with Crippen molar-refractivity contribution in [2.24, 2.45) is 0 Å². The number of fused-ring (bicyclic) bond motifs is 1. The van der Waals surface area contributed by atoms with Crippen LogP contribution in [-0.4, -0.2) is 23.7 Å². The minimum Gasteiger partial charge on any atom is -0.497 e. The van der Waals surface area contributed by atoms with Crippen LogP contribution in [-0.2, 0) is 0 Å². The fraction of sp³-hybridized carbons (Fsp3) is 0.176. The van der Waals surface area contributed by atoms with Gasteiger partial charge in [0.2, 0.25) is 5.88 Å². The summed E-state index contributed by atoms with van der Waals surface area (Å²) in [6.45, 7) is -1.16. The van der Waals surface area contributed by atoms with Crippen LogP contribution in [0.4, 0.5) is 13.2 Å². The molecule has 0 amide bonds. The molecule has 0 saturated heterocycles. The lowest BCUT2D eigenvalue weighted by Crippen LogP contribution is -2.04. The maximum atomic E-state index is 13.8. The molecule has 0 N–H and O–H groups in total. The van der Waals surface area contributed by atoms with Crippen LogP contribution in [0.3, 0.4) is 0 Å². The Bertz CT molecular complexity index is 900.